The Bertz CT molecular complexity index is 351. The second-order valence-corrected chi connectivity index (χ2v) is 3.88. The van der Waals surface area contributed by atoms with Crippen molar-refractivity contribution in [3.05, 3.63) is 29.8 Å². The summed E-state index contributed by atoms with van der Waals surface area (Å²) in [5.74, 6) is -0.131. The van der Waals surface area contributed by atoms with Crippen LogP contribution in [0.4, 0.5) is 5.69 Å². The second kappa shape index (κ2) is 6.25. The van der Waals surface area contributed by atoms with Crippen molar-refractivity contribution in [2.45, 2.75) is 6.54 Å². The van der Waals surface area contributed by atoms with Crippen molar-refractivity contribution in [1.29, 1.82) is 0 Å². The minimum atomic E-state index is -0.131. The normalized spacial score (nSPS) is 10.5. The Kier molecular flexibility index (Phi) is 4.95. The molecule has 0 aliphatic carbocycles. The number of carbonyl (C=O) groups is 1. The number of rotatable bonds is 5. The van der Waals surface area contributed by atoms with E-state index in [0.717, 1.165) is 17.8 Å². The van der Waals surface area contributed by atoms with E-state index in [2.05, 4.69) is 10.2 Å². The first-order valence-corrected chi connectivity index (χ1v) is 5.15. The number of amides is 1. The number of para-hydroxylation sites is 1. The van der Waals surface area contributed by atoms with Crippen LogP contribution in [0.2, 0.25) is 0 Å². The van der Waals surface area contributed by atoms with Crippen molar-refractivity contribution in [2.24, 2.45) is 0 Å². The molecule has 1 aromatic rings. The highest BCUT2D eigenvalue weighted by Crippen LogP contribution is 2.16. The first kappa shape index (κ1) is 12.7. The number of benzene rings is 1. The Balaban J connectivity index is 2.74. The number of anilines is 1. The molecule has 1 rings (SSSR count). The van der Waals surface area contributed by atoms with E-state index in [1.165, 1.54) is 7.11 Å². The molecule has 88 valence electrons. The molecular weight excluding hydrogens is 204 g/mol. The molecule has 4 nitrogen and oxygen atoms in total. The summed E-state index contributed by atoms with van der Waals surface area (Å²) in [6.45, 7) is 0.875. The van der Waals surface area contributed by atoms with E-state index in [4.69, 9.17) is 4.74 Å². The number of hydrogen-bond acceptors (Lipinski definition) is 3. The molecule has 0 unspecified atom stereocenters. The van der Waals surface area contributed by atoms with Crippen molar-refractivity contribution in [3.63, 3.8) is 0 Å². The predicted octanol–water partition coefficient (Wildman–Crippen LogP) is 1.33. The summed E-state index contributed by atoms with van der Waals surface area (Å²) in [5.41, 5.74) is 1.94. The average molecular weight is 222 g/mol. The third-order valence-corrected chi connectivity index (χ3v) is 2.05. The Labute approximate surface area is 96.2 Å². The summed E-state index contributed by atoms with van der Waals surface area (Å²) in [4.78, 5) is 13.5. The number of nitrogens with zero attached hydrogens (tertiary/aromatic N) is 1. The van der Waals surface area contributed by atoms with Crippen molar-refractivity contribution < 1.29 is 9.53 Å². The van der Waals surface area contributed by atoms with E-state index >= 15 is 0 Å². The maximum absolute atomic E-state index is 11.4. The van der Waals surface area contributed by atoms with Crippen LogP contribution in [0.3, 0.4) is 0 Å². The van der Waals surface area contributed by atoms with Gasteiger partial charge in [-0.15, -0.1) is 0 Å². The summed E-state index contributed by atoms with van der Waals surface area (Å²) in [7, 11) is 5.49. The van der Waals surface area contributed by atoms with Gasteiger partial charge in [-0.3, -0.25) is 4.79 Å². The first-order valence-electron chi connectivity index (χ1n) is 5.15. The highest BCUT2D eigenvalue weighted by molar-refractivity contribution is 5.92. The molecule has 4 heteroatoms. The largest absolute Gasteiger partial charge is 0.375 e. The molecule has 0 fully saturated rings. The molecule has 0 atom stereocenters. The fourth-order valence-corrected chi connectivity index (χ4v) is 1.44. The van der Waals surface area contributed by atoms with E-state index in [1.54, 1.807) is 0 Å². The molecule has 1 amide bonds. The molecule has 0 aliphatic heterocycles. The lowest BCUT2D eigenvalue weighted by Crippen LogP contribution is -2.19. The van der Waals surface area contributed by atoms with Crippen LogP contribution >= 0.6 is 0 Å². The highest BCUT2D eigenvalue weighted by atomic mass is 16.5. The Morgan fingerprint density at radius 3 is 2.69 bits per heavy atom. The van der Waals surface area contributed by atoms with Gasteiger partial charge in [0.05, 0.1) is 0 Å². The molecule has 0 bridgehead atoms. The van der Waals surface area contributed by atoms with Crippen molar-refractivity contribution >= 4 is 11.6 Å². The van der Waals surface area contributed by atoms with Crippen molar-refractivity contribution in [3.8, 4) is 0 Å². The standard InChI is InChI=1S/C12H18N2O2/c1-14(2)8-10-6-4-5-7-11(10)13-12(15)9-16-3/h4-7H,8-9H2,1-3H3,(H,13,15). The zero-order chi connectivity index (χ0) is 12.0. The number of carbonyl (C=O) groups excluding carboxylic acids is 1. The van der Waals surface area contributed by atoms with Gasteiger partial charge in [0.15, 0.2) is 0 Å². The van der Waals surface area contributed by atoms with E-state index in [-0.39, 0.29) is 12.5 Å². The molecule has 0 saturated heterocycles. The van der Waals surface area contributed by atoms with Gasteiger partial charge >= 0.3 is 0 Å². The lowest BCUT2D eigenvalue weighted by atomic mass is 10.1. The van der Waals surface area contributed by atoms with Gasteiger partial charge in [-0.05, 0) is 25.7 Å². The number of hydrogen-bond donors (Lipinski definition) is 1. The van der Waals surface area contributed by atoms with Gasteiger partial charge < -0.3 is 15.0 Å². The van der Waals surface area contributed by atoms with Crippen molar-refractivity contribution in [2.75, 3.05) is 33.1 Å². The molecule has 0 spiro atoms. The topological polar surface area (TPSA) is 41.6 Å². The fourth-order valence-electron chi connectivity index (χ4n) is 1.44. The third kappa shape index (κ3) is 4.00. The zero-order valence-electron chi connectivity index (χ0n) is 9.99. The van der Waals surface area contributed by atoms with E-state index < -0.39 is 0 Å². The molecule has 0 radical (unpaired) electrons. The summed E-state index contributed by atoms with van der Waals surface area (Å²) in [5, 5.41) is 2.83. The smallest absolute Gasteiger partial charge is 0.250 e. The maximum atomic E-state index is 11.4. The quantitative estimate of drug-likeness (QED) is 0.817. The lowest BCUT2D eigenvalue weighted by Gasteiger charge is -2.14. The zero-order valence-corrected chi connectivity index (χ0v) is 9.99. The monoisotopic (exact) mass is 222 g/mol. The maximum Gasteiger partial charge on any atom is 0.250 e. The van der Waals surface area contributed by atoms with E-state index in [9.17, 15) is 4.79 Å². The van der Waals surface area contributed by atoms with Gasteiger partial charge in [0.2, 0.25) is 5.91 Å². The van der Waals surface area contributed by atoms with Crippen LogP contribution in [-0.2, 0) is 16.1 Å². The molecule has 0 aliphatic rings. The molecule has 0 saturated carbocycles. The summed E-state index contributed by atoms with van der Waals surface area (Å²) in [6, 6.07) is 7.77. The highest BCUT2D eigenvalue weighted by Gasteiger charge is 2.06. The van der Waals surface area contributed by atoms with Crippen LogP contribution in [-0.4, -0.2) is 38.6 Å². The fraction of sp³-hybridized carbons (Fsp3) is 0.417. The van der Waals surface area contributed by atoms with Crippen LogP contribution < -0.4 is 5.32 Å². The first-order chi connectivity index (χ1) is 7.63. The molecule has 0 heterocycles. The Hall–Kier alpha value is -1.39. The van der Waals surface area contributed by atoms with Gasteiger partial charge in [-0.25, -0.2) is 0 Å². The number of methoxy groups -OCH3 is 1. The summed E-state index contributed by atoms with van der Waals surface area (Å²) >= 11 is 0. The van der Waals surface area contributed by atoms with Gasteiger partial charge in [0, 0.05) is 19.3 Å². The van der Waals surface area contributed by atoms with Crippen LogP contribution in [0.25, 0.3) is 0 Å². The van der Waals surface area contributed by atoms with E-state index in [0.29, 0.717) is 0 Å². The van der Waals surface area contributed by atoms with Crippen molar-refractivity contribution in [1.82, 2.24) is 4.90 Å². The average Bonchev–Trinajstić information content (AvgIpc) is 2.20. The predicted molar refractivity (Wildman–Crippen MR) is 64.3 cm³/mol. The summed E-state index contributed by atoms with van der Waals surface area (Å²) < 4.78 is 4.77. The van der Waals surface area contributed by atoms with Gasteiger partial charge in [-0.2, -0.15) is 0 Å². The molecule has 0 aromatic heterocycles. The van der Waals surface area contributed by atoms with Gasteiger partial charge in [-0.1, -0.05) is 18.2 Å². The van der Waals surface area contributed by atoms with Crippen LogP contribution in [0.15, 0.2) is 24.3 Å². The Morgan fingerprint density at radius 2 is 2.06 bits per heavy atom. The van der Waals surface area contributed by atoms with Gasteiger partial charge in [0.25, 0.3) is 0 Å². The molecule has 1 aromatic carbocycles. The Morgan fingerprint density at radius 1 is 1.38 bits per heavy atom. The van der Waals surface area contributed by atoms with Gasteiger partial charge in [0.1, 0.15) is 6.61 Å². The number of nitrogens with one attached hydrogen (secondary N) is 1. The van der Waals surface area contributed by atoms with E-state index in [1.807, 2.05) is 38.4 Å². The third-order valence-electron chi connectivity index (χ3n) is 2.05. The second-order valence-electron chi connectivity index (χ2n) is 3.88. The molecule has 16 heavy (non-hydrogen) atoms. The van der Waals surface area contributed by atoms with Crippen LogP contribution in [0.5, 0.6) is 0 Å². The van der Waals surface area contributed by atoms with Crippen LogP contribution in [0.1, 0.15) is 5.56 Å². The minimum absolute atomic E-state index is 0.0797. The molecule has 1 N–H and O–H groups in total. The molecular formula is C12H18N2O2. The SMILES string of the molecule is COCC(=O)Nc1ccccc1CN(C)C. The summed E-state index contributed by atoms with van der Waals surface area (Å²) in [6.07, 6.45) is 0. The minimum Gasteiger partial charge on any atom is -0.375 e. The lowest BCUT2D eigenvalue weighted by molar-refractivity contribution is -0.119. The number of ether oxygens (including phenoxy) is 1. The van der Waals surface area contributed by atoms with Crippen LogP contribution in [0, 0.1) is 0 Å².